The number of rotatable bonds is 4. The summed E-state index contributed by atoms with van der Waals surface area (Å²) in [5.41, 5.74) is -0.376. The average Bonchev–Trinajstić information content (AvgIpc) is 2.46. The zero-order valence-electron chi connectivity index (χ0n) is 14.0. The van der Waals surface area contributed by atoms with E-state index in [0.717, 1.165) is 0 Å². The fourth-order valence-electron chi connectivity index (χ4n) is 2.18. The van der Waals surface area contributed by atoms with Crippen LogP contribution in [-0.4, -0.2) is 40.8 Å². The number of hydrogen-bond acceptors (Lipinski definition) is 5. The summed E-state index contributed by atoms with van der Waals surface area (Å²) in [6, 6.07) is 3.48. The third-order valence-corrected chi connectivity index (χ3v) is 3.51. The molecule has 9 heteroatoms. The van der Waals surface area contributed by atoms with Crippen LogP contribution in [0.15, 0.2) is 18.2 Å². The van der Waals surface area contributed by atoms with Crippen molar-refractivity contribution < 1.29 is 29.0 Å². The first-order valence-electron chi connectivity index (χ1n) is 7.55. The van der Waals surface area contributed by atoms with Gasteiger partial charge < -0.3 is 25.2 Å². The van der Waals surface area contributed by atoms with Crippen molar-refractivity contribution in [2.75, 3.05) is 5.32 Å². The molecule has 136 valence electrons. The number of aliphatic carboxylic acids is 1. The summed E-state index contributed by atoms with van der Waals surface area (Å²) in [6.07, 6.45) is -2.30. The largest absolute Gasteiger partial charge is 0.480 e. The molecule has 1 heterocycles. The Labute approximate surface area is 149 Å². The van der Waals surface area contributed by atoms with Crippen molar-refractivity contribution >= 4 is 35.3 Å². The number of nitrogens with one attached hydrogen (secondary N) is 2. The van der Waals surface area contributed by atoms with E-state index in [1.807, 2.05) is 0 Å². The molecule has 0 aliphatic carbocycles. The standard InChI is InChI=1S/C16H19ClN2O6/c1-16(2,3)25-15(23)19-10(14(21)22)7-11-13(20)18-9-6-4-5-8(17)12(9)24-11/h4-6,10-11H,7H2,1-3H3,(H,18,20)(H,19,23)(H,21,22). The highest BCUT2D eigenvalue weighted by Gasteiger charge is 2.35. The second-order valence-electron chi connectivity index (χ2n) is 6.49. The molecule has 25 heavy (non-hydrogen) atoms. The Morgan fingerprint density at radius 3 is 2.72 bits per heavy atom. The molecule has 1 aromatic carbocycles. The SMILES string of the molecule is CC(C)(C)OC(=O)NC(CC1Oc2c(Cl)cccc2NC1=O)C(=O)O. The van der Waals surface area contributed by atoms with Crippen LogP contribution in [0.25, 0.3) is 0 Å². The molecule has 0 fully saturated rings. The topological polar surface area (TPSA) is 114 Å². The van der Waals surface area contributed by atoms with Crippen molar-refractivity contribution in [1.82, 2.24) is 5.32 Å². The van der Waals surface area contributed by atoms with Crippen molar-refractivity contribution in [3.8, 4) is 5.75 Å². The molecule has 0 bridgehead atoms. The lowest BCUT2D eigenvalue weighted by Gasteiger charge is -2.28. The van der Waals surface area contributed by atoms with Crippen molar-refractivity contribution in [1.29, 1.82) is 0 Å². The molecule has 0 spiro atoms. The number of alkyl carbamates (subject to hydrolysis) is 1. The van der Waals surface area contributed by atoms with Gasteiger partial charge in [-0.05, 0) is 32.9 Å². The van der Waals surface area contributed by atoms with Gasteiger partial charge in [-0.25, -0.2) is 9.59 Å². The Balaban J connectivity index is 2.09. The Morgan fingerprint density at radius 1 is 1.44 bits per heavy atom. The van der Waals surface area contributed by atoms with Crippen LogP contribution in [0.2, 0.25) is 5.02 Å². The van der Waals surface area contributed by atoms with Gasteiger partial charge in [0.1, 0.15) is 11.6 Å². The van der Waals surface area contributed by atoms with Crippen LogP contribution in [0.5, 0.6) is 5.75 Å². The molecule has 0 aromatic heterocycles. The third-order valence-electron chi connectivity index (χ3n) is 3.22. The highest BCUT2D eigenvalue weighted by Crippen LogP contribution is 2.37. The molecule has 8 nitrogen and oxygen atoms in total. The summed E-state index contributed by atoms with van der Waals surface area (Å²) >= 11 is 6.03. The van der Waals surface area contributed by atoms with E-state index in [0.29, 0.717) is 5.69 Å². The van der Waals surface area contributed by atoms with Crippen LogP contribution in [0, 0.1) is 0 Å². The molecule has 1 aromatic rings. The van der Waals surface area contributed by atoms with E-state index in [1.54, 1.807) is 39.0 Å². The van der Waals surface area contributed by atoms with E-state index >= 15 is 0 Å². The summed E-state index contributed by atoms with van der Waals surface area (Å²) in [5, 5.41) is 14.4. The smallest absolute Gasteiger partial charge is 0.408 e. The van der Waals surface area contributed by atoms with Gasteiger partial charge in [-0.15, -0.1) is 0 Å². The van der Waals surface area contributed by atoms with Gasteiger partial charge in [-0.2, -0.15) is 0 Å². The first-order chi connectivity index (χ1) is 11.6. The van der Waals surface area contributed by atoms with Crippen molar-refractivity contribution in [3.63, 3.8) is 0 Å². The summed E-state index contributed by atoms with van der Waals surface area (Å²) < 4.78 is 10.6. The second-order valence-corrected chi connectivity index (χ2v) is 6.89. The van der Waals surface area contributed by atoms with Crippen molar-refractivity contribution in [2.24, 2.45) is 0 Å². The highest BCUT2D eigenvalue weighted by atomic mass is 35.5. The van der Waals surface area contributed by atoms with Gasteiger partial charge in [0.2, 0.25) is 0 Å². The number of carbonyl (C=O) groups is 3. The summed E-state index contributed by atoms with van der Waals surface area (Å²) in [4.78, 5) is 35.3. The van der Waals surface area contributed by atoms with E-state index in [4.69, 9.17) is 21.1 Å². The third kappa shape index (κ3) is 4.99. The molecule has 2 rings (SSSR count). The van der Waals surface area contributed by atoms with Gasteiger partial charge in [0.25, 0.3) is 5.91 Å². The monoisotopic (exact) mass is 370 g/mol. The number of ether oxygens (including phenoxy) is 2. The molecular formula is C16H19ClN2O6. The van der Waals surface area contributed by atoms with Gasteiger partial charge >= 0.3 is 12.1 Å². The van der Waals surface area contributed by atoms with Crippen LogP contribution in [0.4, 0.5) is 10.5 Å². The zero-order chi connectivity index (χ0) is 18.8. The molecule has 2 unspecified atom stereocenters. The fourth-order valence-corrected chi connectivity index (χ4v) is 2.40. The lowest BCUT2D eigenvalue weighted by atomic mass is 10.1. The van der Waals surface area contributed by atoms with Crippen molar-refractivity contribution in [3.05, 3.63) is 23.2 Å². The molecular weight excluding hydrogens is 352 g/mol. The maximum Gasteiger partial charge on any atom is 0.408 e. The number of carboxylic acid groups (broad SMARTS) is 1. The molecule has 0 saturated carbocycles. The first-order valence-corrected chi connectivity index (χ1v) is 7.93. The maximum absolute atomic E-state index is 12.1. The number of benzene rings is 1. The predicted molar refractivity (Wildman–Crippen MR) is 89.9 cm³/mol. The van der Waals surface area contributed by atoms with Gasteiger partial charge in [0, 0.05) is 6.42 Å². The van der Waals surface area contributed by atoms with E-state index in [2.05, 4.69) is 10.6 Å². The number of fused-ring (bicyclic) bond motifs is 1. The van der Waals surface area contributed by atoms with Gasteiger partial charge in [0.15, 0.2) is 11.9 Å². The fraction of sp³-hybridized carbons (Fsp3) is 0.438. The zero-order valence-corrected chi connectivity index (χ0v) is 14.7. The Morgan fingerprint density at radius 2 is 2.12 bits per heavy atom. The van der Waals surface area contributed by atoms with Gasteiger partial charge in [-0.3, -0.25) is 4.79 Å². The second kappa shape index (κ2) is 7.18. The lowest BCUT2D eigenvalue weighted by Crippen LogP contribution is -2.48. The minimum atomic E-state index is -1.37. The minimum Gasteiger partial charge on any atom is -0.480 e. The molecule has 1 aliphatic rings. The van der Waals surface area contributed by atoms with E-state index < -0.39 is 35.7 Å². The summed E-state index contributed by atoms with van der Waals surface area (Å²) in [7, 11) is 0. The summed E-state index contributed by atoms with van der Waals surface area (Å²) in [6.45, 7) is 4.96. The average molecular weight is 371 g/mol. The Bertz CT molecular complexity index is 700. The van der Waals surface area contributed by atoms with Crippen LogP contribution in [-0.2, 0) is 14.3 Å². The molecule has 3 N–H and O–H groups in total. The van der Waals surface area contributed by atoms with E-state index in [1.165, 1.54) is 0 Å². The normalized spacial score (nSPS) is 17.6. The number of amides is 2. The van der Waals surface area contributed by atoms with Crippen LogP contribution < -0.4 is 15.4 Å². The van der Waals surface area contributed by atoms with Gasteiger partial charge in [-0.1, -0.05) is 17.7 Å². The molecule has 0 radical (unpaired) electrons. The highest BCUT2D eigenvalue weighted by molar-refractivity contribution is 6.32. The van der Waals surface area contributed by atoms with E-state index in [9.17, 15) is 19.5 Å². The molecule has 1 aliphatic heterocycles. The number of carbonyl (C=O) groups excluding carboxylic acids is 2. The maximum atomic E-state index is 12.1. The number of hydrogen-bond donors (Lipinski definition) is 3. The quantitative estimate of drug-likeness (QED) is 0.749. The number of halogens is 1. The van der Waals surface area contributed by atoms with Crippen molar-refractivity contribution in [2.45, 2.75) is 44.9 Å². The molecule has 2 atom stereocenters. The van der Waals surface area contributed by atoms with Crippen LogP contribution >= 0.6 is 11.6 Å². The Hall–Kier alpha value is -2.48. The van der Waals surface area contributed by atoms with E-state index in [-0.39, 0.29) is 17.2 Å². The number of para-hydroxylation sites is 1. The predicted octanol–water partition coefficient (Wildman–Crippen LogP) is 2.41. The van der Waals surface area contributed by atoms with Gasteiger partial charge in [0.05, 0.1) is 10.7 Å². The van der Waals surface area contributed by atoms with Crippen LogP contribution in [0.3, 0.4) is 0 Å². The lowest BCUT2D eigenvalue weighted by molar-refractivity contribution is -0.140. The molecule has 2 amide bonds. The van der Waals surface area contributed by atoms with Crippen LogP contribution in [0.1, 0.15) is 27.2 Å². The minimum absolute atomic E-state index is 0.259. The number of anilines is 1. The molecule has 0 saturated heterocycles. The Kier molecular flexibility index (Phi) is 5.42. The first kappa shape index (κ1) is 18.9. The number of carboxylic acids is 1. The summed E-state index contributed by atoms with van der Waals surface area (Å²) in [5.74, 6) is -1.57.